The lowest BCUT2D eigenvalue weighted by atomic mass is 10.1. The lowest BCUT2D eigenvalue weighted by Crippen LogP contribution is -2.23. The Kier molecular flexibility index (Phi) is 4.59. The minimum absolute atomic E-state index is 0.260. The molecular weight excluding hydrogens is 274 g/mol. The highest BCUT2D eigenvalue weighted by Crippen LogP contribution is 2.12. The zero-order valence-corrected chi connectivity index (χ0v) is 12.4. The van der Waals surface area contributed by atoms with Crippen molar-refractivity contribution in [2.24, 2.45) is 0 Å². The number of aromatic nitrogens is 1. The topological polar surface area (TPSA) is 74.0 Å². The summed E-state index contributed by atoms with van der Waals surface area (Å²) in [7, 11) is -1.67. The van der Waals surface area contributed by atoms with Gasteiger partial charge >= 0.3 is 0 Å². The fourth-order valence-electron chi connectivity index (χ4n) is 1.93. The van der Waals surface area contributed by atoms with E-state index in [1.54, 1.807) is 6.07 Å². The quantitative estimate of drug-likeness (QED) is 0.756. The van der Waals surface area contributed by atoms with Gasteiger partial charge in [0.25, 0.3) is 0 Å². The maximum atomic E-state index is 12.2. The summed E-state index contributed by atoms with van der Waals surface area (Å²) < 4.78 is 27.0. The highest BCUT2D eigenvalue weighted by Gasteiger charge is 2.15. The largest absolute Gasteiger partial charge is 0.363 e. The number of hydrogen-bond acceptors (Lipinski definition) is 3. The summed E-state index contributed by atoms with van der Waals surface area (Å²) in [4.78, 5) is 3.20. The smallest absolute Gasteiger partial charge is 0.242 e. The van der Waals surface area contributed by atoms with E-state index in [1.807, 2.05) is 38.2 Å². The van der Waals surface area contributed by atoms with Gasteiger partial charge in [0.1, 0.15) is 0 Å². The van der Waals surface area contributed by atoms with E-state index in [-0.39, 0.29) is 4.90 Å². The molecule has 1 aromatic heterocycles. The van der Waals surface area contributed by atoms with Crippen molar-refractivity contribution in [1.29, 1.82) is 0 Å². The molecular formula is C14H19N3O2S. The lowest BCUT2D eigenvalue weighted by Gasteiger charge is -2.07. The third-order valence-corrected chi connectivity index (χ3v) is 4.49. The molecule has 0 saturated carbocycles. The summed E-state index contributed by atoms with van der Waals surface area (Å²) in [6.45, 7) is 2.86. The Bertz CT molecular complexity index is 677. The highest BCUT2D eigenvalue weighted by molar-refractivity contribution is 7.89. The van der Waals surface area contributed by atoms with Crippen molar-refractivity contribution in [3.8, 4) is 0 Å². The van der Waals surface area contributed by atoms with Crippen LogP contribution in [0.25, 0.3) is 0 Å². The molecule has 6 heteroatoms. The van der Waals surface area contributed by atoms with Crippen molar-refractivity contribution in [2.75, 3.05) is 7.05 Å². The number of benzene rings is 1. The Balaban J connectivity index is 2.09. The molecule has 0 aliphatic heterocycles. The van der Waals surface area contributed by atoms with Crippen molar-refractivity contribution in [3.63, 3.8) is 0 Å². The molecule has 20 heavy (non-hydrogen) atoms. The second-order valence-corrected chi connectivity index (χ2v) is 6.41. The molecule has 0 bridgehead atoms. The Morgan fingerprint density at radius 1 is 1.20 bits per heavy atom. The number of aromatic amines is 1. The molecule has 0 aliphatic rings. The molecule has 1 aromatic carbocycles. The van der Waals surface area contributed by atoms with Gasteiger partial charge in [0.2, 0.25) is 10.0 Å². The molecule has 0 saturated heterocycles. The zero-order valence-electron chi connectivity index (χ0n) is 11.6. The van der Waals surface area contributed by atoms with E-state index in [0.29, 0.717) is 13.1 Å². The monoisotopic (exact) mass is 293 g/mol. The van der Waals surface area contributed by atoms with Gasteiger partial charge in [-0.25, -0.2) is 13.1 Å². The van der Waals surface area contributed by atoms with Crippen LogP contribution in [0.4, 0.5) is 0 Å². The van der Waals surface area contributed by atoms with Crippen molar-refractivity contribution >= 4 is 10.0 Å². The van der Waals surface area contributed by atoms with Gasteiger partial charge in [0, 0.05) is 25.0 Å². The van der Waals surface area contributed by atoms with Crippen LogP contribution in [-0.2, 0) is 23.1 Å². The molecule has 0 fully saturated rings. The Morgan fingerprint density at radius 3 is 2.65 bits per heavy atom. The number of aryl methyl sites for hydroxylation is 1. The number of H-pyrrole nitrogens is 1. The van der Waals surface area contributed by atoms with Gasteiger partial charge in [-0.15, -0.1) is 0 Å². The maximum absolute atomic E-state index is 12.2. The highest BCUT2D eigenvalue weighted by atomic mass is 32.2. The summed E-state index contributed by atoms with van der Waals surface area (Å²) in [5.41, 5.74) is 2.88. The normalized spacial score (nSPS) is 11.7. The van der Waals surface area contributed by atoms with E-state index in [2.05, 4.69) is 15.0 Å². The van der Waals surface area contributed by atoms with Crippen molar-refractivity contribution in [3.05, 3.63) is 53.3 Å². The van der Waals surface area contributed by atoms with Crippen LogP contribution in [0.3, 0.4) is 0 Å². The molecule has 0 atom stereocenters. The molecule has 0 aliphatic carbocycles. The van der Waals surface area contributed by atoms with E-state index >= 15 is 0 Å². The molecule has 0 radical (unpaired) electrons. The predicted octanol–water partition coefficient (Wildman–Crippen LogP) is 1.52. The van der Waals surface area contributed by atoms with Gasteiger partial charge in [-0.1, -0.05) is 24.3 Å². The summed E-state index contributed by atoms with van der Waals surface area (Å²) in [5, 5.41) is 2.97. The number of nitrogens with one attached hydrogen (secondary N) is 3. The summed E-state index contributed by atoms with van der Waals surface area (Å²) in [5.74, 6) is 0. The van der Waals surface area contributed by atoms with Crippen LogP contribution in [0, 0.1) is 6.92 Å². The predicted molar refractivity (Wildman–Crippen MR) is 78.8 cm³/mol. The lowest BCUT2D eigenvalue weighted by molar-refractivity contribution is 0.581. The number of hydrogen-bond donors (Lipinski definition) is 3. The van der Waals surface area contributed by atoms with Crippen molar-refractivity contribution in [2.45, 2.75) is 24.9 Å². The first-order chi connectivity index (χ1) is 9.53. The summed E-state index contributed by atoms with van der Waals surface area (Å²) in [6.07, 6.45) is 1.51. The minimum atomic E-state index is -3.48. The SMILES string of the molecule is CNCc1cc(S(=O)(=O)NCc2ccccc2C)c[nH]1. The van der Waals surface area contributed by atoms with Gasteiger partial charge in [0.15, 0.2) is 0 Å². The van der Waals surface area contributed by atoms with Crippen LogP contribution in [0.1, 0.15) is 16.8 Å². The first kappa shape index (κ1) is 14.8. The minimum Gasteiger partial charge on any atom is -0.363 e. The van der Waals surface area contributed by atoms with E-state index in [0.717, 1.165) is 16.8 Å². The van der Waals surface area contributed by atoms with Crippen LogP contribution in [0.2, 0.25) is 0 Å². The van der Waals surface area contributed by atoms with E-state index in [1.165, 1.54) is 6.20 Å². The Labute approximate surface area is 119 Å². The summed E-state index contributed by atoms with van der Waals surface area (Å²) in [6, 6.07) is 9.35. The molecule has 108 valence electrons. The number of sulfonamides is 1. The van der Waals surface area contributed by atoms with Crippen LogP contribution >= 0.6 is 0 Å². The summed E-state index contributed by atoms with van der Waals surface area (Å²) >= 11 is 0. The fourth-order valence-corrected chi connectivity index (χ4v) is 2.95. The number of rotatable bonds is 6. The average molecular weight is 293 g/mol. The molecule has 3 N–H and O–H groups in total. The van der Waals surface area contributed by atoms with E-state index in [4.69, 9.17) is 0 Å². The van der Waals surface area contributed by atoms with Crippen molar-refractivity contribution in [1.82, 2.24) is 15.0 Å². The van der Waals surface area contributed by atoms with Crippen LogP contribution in [0.15, 0.2) is 41.4 Å². The second kappa shape index (κ2) is 6.21. The zero-order chi connectivity index (χ0) is 14.6. The van der Waals surface area contributed by atoms with Crippen molar-refractivity contribution < 1.29 is 8.42 Å². The van der Waals surface area contributed by atoms with Gasteiger partial charge in [-0.2, -0.15) is 0 Å². The molecule has 2 aromatic rings. The molecule has 1 heterocycles. The third-order valence-electron chi connectivity index (χ3n) is 3.11. The molecule has 0 amide bonds. The maximum Gasteiger partial charge on any atom is 0.242 e. The van der Waals surface area contributed by atoms with Gasteiger partial charge < -0.3 is 10.3 Å². The van der Waals surface area contributed by atoms with Gasteiger partial charge in [-0.05, 0) is 31.2 Å². The fraction of sp³-hybridized carbons (Fsp3) is 0.286. The van der Waals surface area contributed by atoms with Crippen LogP contribution < -0.4 is 10.0 Å². The van der Waals surface area contributed by atoms with Gasteiger partial charge in [-0.3, -0.25) is 0 Å². The Morgan fingerprint density at radius 2 is 1.95 bits per heavy atom. The van der Waals surface area contributed by atoms with Crippen LogP contribution in [0.5, 0.6) is 0 Å². The second-order valence-electron chi connectivity index (χ2n) is 4.64. The third kappa shape index (κ3) is 3.47. The van der Waals surface area contributed by atoms with Gasteiger partial charge in [0.05, 0.1) is 4.90 Å². The molecule has 0 spiro atoms. The van der Waals surface area contributed by atoms with Crippen LogP contribution in [-0.4, -0.2) is 20.4 Å². The molecule has 2 rings (SSSR count). The Hall–Kier alpha value is -1.63. The van der Waals surface area contributed by atoms with E-state index in [9.17, 15) is 8.42 Å². The molecule has 0 unspecified atom stereocenters. The first-order valence-corrected chi connectivity index (χ1v) is 7.87. The first-order valence-electron chi connectivity index (χ1n) is 6.39. The standard InChI is InChI=1S/C14H19N3O2S/c1-11-5-3-4-6-12(11)8-17-20(18,19)14-7-13(9-15-2)16-10-14/h3-7,10,15-17H,8-9H2,1-2H3. The van der Waals surface area contributed by atoms with E-state index < -0.39 is 10.0 Å². The molecule has 5 nitrogen and oxygen atoms in total. The average Bonchev–Trinajstić information content (AvgIpc) is 2.88.